The Morgan fingerprint density at radius 3 is 2.77 bits per heavy atom. The van der Waals surface area contributed by atoms with Gasteiger partial charge in [-0.25, -0.2) is 0 Å². The van der Waals surface area contributed by atoms with Crippen molar-refractivity contribution in [1.29, 1.82) is 0 Å². The van der Waals surface area contributed by atoms with E-state index in [9.17, 15) is 14.9 Å². The lowest BCUT2D eigenvalue weighted by Gasteiger charge is -2.16. The van der Waals surface area contributed by atoms with Crippen molar-refractivity contribution < 1.29 is 14.5 Å². The van der Waals surface area contributed by atoms with E-state index in [4.69, 9.17) is 4.74 Å². The molecule has 0 saturated carbocycles. The standard InChI is InChI=1S/C15H16N2O4S/c1-11-8-12(5-6-14(11)17(19)20)21-10-15(18)16(2)9-13-4-3-7-22-13/h3-8H,9-10H2,1-2H3. The molecule has 0 saturated heterocycles. The maximum atomic E-state index is 12.0. The minimum absolute atomic E-state index is 0.0356. The number of benzene rings is 1. The summed E-state index contributed by atoms with van der Waals surface area (Å²) < 4.78 is 5.41. The lowest BCUT2D eigenvalue weighted by atomic mass is 10.2. The average molecular weight is 320 g/mol. The van der Waals surface area contributed by atoms with Crippen molar-refractivity contribution in [3.05, 3.63) is 56.3 Å². The Labute approximate surface area is 132 Å². The minimum atomic E-state index is -0.445. The highest BCUT2D eigenvalue weighted by atomic mass is 32.1. The molecule has 1 amide bonds. The molecular weight excluding hydrogens is 304 g/mol. The van der Waals surface area contributed by atoms with Gasteiger partial charge in [-0.3, -0.25) is 14.9 Å². The molecule has 6 nitrogen and oxygen atoms in total. The van der Waals surface area contributed by atoms with E-state index in [0.29, 0.717) is 17.9 Å². The van der Waals surface area contributed by atoms with Gasteiger partial charge in [0.25, 0.3) is 11.6 Å². The summed E-state index contributed by atoms with van der Waals surface area (Å²) in [6, 6.07) is 8.34. The molecule has 0 spiro atoms. The lowest BCUT2D eigenvalue weighted by molar-refractivity contribution is -0.385. The van der Waals surface area contributed by atoms with Gasteiger partial charge in [0.1, 0.15) is 5.75 Å². The first-order valence-corrected chi connectivity index (χ1v) is 7.49. The van der Waals surface area contributed by atoms with Crippen molar-refractivity contribution in [1.82, 2.24) is 4.90 Å². The second-order valence-electron chi connectivity index (χ2n) is 4.82. The number of likely N-dealkylation sites (N-methyl/N-ethyl adjacent to an activating group) is 1. The molecule has 0 aliphatic rings. The summed E-state index contributed by atoms with van der Waals surface area (Å²) in [5.74, 6) is 0.297. The number of hydrogen-bond acceptors (Lipinski definition) is 5. The van der Waals surface area contributed by atoms with Crippen LogP contribution in [0.3, 0.4) is 0 Å². The zero-order valence-electron chi connectivity index (χ0n) is 12.3. The Balaban J connectivity index is 1.90. The summed E-state index contributed by atoms with van der Waals surface area (Å²) >= 11 is 1.59. The Hall–Kier alpha value is -2.41. The van der Waals surface area contributed by atoms with Crippen LogP contribution < -0.4 is 4.74 Å². The van der Waals surface area contributed by atoms with Crippen LogP contribution in [0.15, 0.2) is 35.7 Å². The van der Waals surface area contributed by atoms with E-state index in [1.54, 1.807) is 36.3 Å². The molecule has 0 fully saturated rings. The van der Waals surface area contributed by atoms with E-state index in [1.165, 1.54) is 12.1 Å². The summed E-state index contributed by atoms with van der Waals surface area (Å²) in [6.45, 7) is 2.08. The number of thiophene rings is 1. The van der Waals surface area contributed by atoms with Crippen molar-refractivity contribution in [3.63, 3.8) is 0 Å². The van der Waals surface area contributed by atoms with Gasteiger partial charge in [-0.05, 0) is 30.5 Å². The number of nitro benzene ring substituents is 1. The van der Waals surface area contributed by atoms with Crippen LogP contribution in [0.25, 0.3) is 0 Å². The number of carbonyl (C=O) groups excluding carboxylic acids is 1. The van der Waals surface area contributed by atoms with E-state index in [0.717, 1.165) is 4.88 Å². The minimum Gasteiger partial charge on any atom is -0.484 e. The van der Waals surface area contributed by atoms with Crippen molar-refractivity contribution in [2.45, 2.75) is 13.5 Å². The molecule has 0 bridgehead atoms. The van der Waals surface area contributed by atoms with E-state index >= 15 is 0 Å². The Kier molecular flexibility index (Phi) is 5.11. The predicted octanol–water partition coefficient (Wildman–Crippen LogP) is 3.00. The van der Waals surface area contributed by atoms with E-state index < -0.39 is 4.92 Å². The second kappa shape index (κ2) is 7.04. The highest BCUT2D eigenvalue weighted by Gasteiger charge is 2.13. The predicted molar refractivity (Wildman–Crippen MR) is 84.1 cm³/mol. The first kappa shape index (κ1) is 16.0. The van der Waals surface area contributed by atoms with Gasteiger partial charge in [-0.1, -0.05) is 6.07 Å². The zero-order chi connectivity index (χ0) is 16.1. The number of hydrogen-bond donors (Lipinski definition) is 0. The SMILES string of the molecule is Cc1cc(OCC(=O)N(C)Cc2cccs2)ccc1[N+](=O)[O-]. The molecule has 116 valence electrons. The molecule has 0 radical (unpaired) electrons. The zero-order valence-corrected chi connectivity index (χ0v) is 13.1. The molecule has 1 heterocycles. The van der Waals surface area contributed by atoms with E-state index in [1.807, 2.05) is 17.5 Å². The van der Waals surface area contributed by atoms with Crippen LogP contribution in [0.5, 0.6) is 5.75 Å². The highest BCUT2D eigenvalue weighted by Crippen LogP contribution is 2.23. The molecule has 0 atom stereocenters. The van der Waals surface area contributed by atoms with Crippen LogP contribution >= 0.6 is 11.3 Å². The smallest absolute Gasteiger partial charge is 0.272 e. The van der Waals surface area contributed by atoms with Crippen LogP contribution in [0.1, 0.15) is 10.4 Å². The summed E-state index contributed by atoms with van der Waals surface area (Å²) in [4.78, 5) is 25.0. The quantitative estimate of drug-likeness (QED) is 0.606. The van der Waals surface area contributed by atoms with Crippen molar-refractivity contribution in [3.8, 4) is 5.75 Å². The van der Waals surface area contributed by atoms with Crippen LogP contribution in [-0.2, 0) is 11.3 Å². The third kappa shape index (κ3) is 4.05. The monoisotopic (exact) mass is 320 g/mol. The van der Waals surface area contributed by atoms with Crippen LogP contribution in [0.4, 0.5) is 5.69 Å². The average Bonchev–Trinajstić information content (AvgIpc) is 2.97. The van der Waals surface area contributed by atoms with Gasteiger partial charge in [0.15, 0.2) is 6.61 Å². The molecule has 7 heteroatoms. The molecular formula is C15H16N2O4S. The Bertz CT molecular complexity index is 670. The van der Waals surface area contributed by atoms with Gasteiger partial charge in [0.05, 0.1) is 11.5 Å². The van der Waals surface area contributed by atoms with Crippen molar-refractivity contribution >= 4 is 22.9 Å². The maximum absolute atomic E-state index is 12.0. The van der Waals surface area contributed by atoms with E-state index in [-0.39, 0.29) is 18.2 Å². The summed E-state index contributed by atoms with van der Waals surface area (Å²) in [7, 11) is 1.71. The first-order chi connectivity index (χ1) is 10.5. The van der Waals surface area contributed by atoms with Gasteiger partial charge < -0.3 is 9.64 Å². The number of aryl methyl sites for hydroxylation is 1. The molecule has 2 rings (SSSR count). The van der Waals surface area contributed by atoms with Crippen molar-refractivity contribution in [2.75, 3.05) is 13.7 Å². The maximum Gasteiger partial charge on any atom is 0.272 e. The normalized spacial score (nSPS) is 10.3. The molecule has 0 unspecified atom stereocenters. The van der Waals surface area contributed by atoms with Crippen LogP contribution in [0, 0.1) is 17.0 Å². The molecule has 0 aliphatic heterocycles. The van der Waals surface area contributed by atoms with Crippen LogP contribution in [-0.4, -0.2) is 29.4 Å². The van der Waals surface area contributed by atoms with Gasteiger partial charge in [0.2, 0.25) is 0 Å². The van der Waals surface area contributed by atoms with Crippen molar-refractivity contribution in [2.24, 2.45) is 0 Å². The fourth-order valence-corrected chi connectivity index (χ4v) is 2.66. The summed E-state index contributed by atoms with van der Waals surface area (Å²) in [6.07, 6.45) is 0. The third-order valence-electron chi connectivity index (χ3n) is 3.13. The number of ether oxygens (including phenoxy) is 1. The van der Waals surface area contributed by atoms with Gasteiger partial charge in [-0.15, -0.1) is 11.3 Å². The second-order valence-corrected chi connectivity index (χ2v) is 5.86. The van der Waals surface area contributed by atoms with E-state index in [2.05, 4.69) is 0 Å². The lowest BCUT2D eigenvalue weighted by Crippen LogP contribution is -2.30. The fraction of sp³-hybridized carbons (Fsp3) is 0.267. The number of nitro groups is 1. The Morgan fingerprint density at radius 1 is 1.41 bits per heavy atom. The summed E-state index contributed by atoms with van der Waals surface area (Å²) in [5, 5.41) is 12.7. The van der Waals surface area contributed by atoms with Gasteiger partial charge in [-0.2, -0.15) is 0 Å². The van der Waals surface area contributed by atoms with Gasteiger partial charge in [0, 0.05) is 23.6 Å². The largest absolute Gasteiger partial charge is 0.484 e. The molecule has 22 heavy (non-hydrogen) atoms. The number of carbonyl (C=O) groups is 1. The van der Waals surface area contributed by atoms with Gasteiger partial charge >= 0.3 is 0 Å². The first-order valence-electron chi connectivity index (χ1n) is 6.61. The number of nitrogens with zero attached hydrogens (tertiary/aromatic N) is 2. The molecule has 0 aliphatic carbocycles. The molecule has 2 aromatic rings. The molecule has 0 N–H and O–H groups in total. The molecule has 1 aromatic heterocycles. The topological polar surface area (TPSA) is 72.7 Å². The number of amides is 1. The number of rotatable bonds is 6. The Morgan fingerprint density at radius 2 is 2.18 bits per heavy atom. The highest BCUT2D eigenvalue weighted by molar-refractivity contribution is 7.09. The third-order valence-corrected chi connectivity index (χ3v) is 3.99. The summed E-state index contributed by atoms with van der Waals surface area (Å²) in [5.41, 5.74) is 0.537. The fourth-order valence-electron chi connectivity index (χ4n) is 1.90. The molecule has 1 aromatic carbocycles. The van der Waals surface area contributed by atoms with Crippen LogP contribution in [0.2, 0.25) is 0 Å².